The van der Waals surface area contributed by atoms with E-state index in [2.05, 4.69) is 0 Å². The average molecular weight is 189 g/mol. The largest absolute Gasteiger partial charge is 0.227 e. The maximum absolute atomic E-state index is 10.8. The normalized spacial score (nSPS) is 41.1. The Bertz CT molecular complexity index is 199. The Balaban J connectivity index is 2.87. The first kappa shape index (κ1) is 7.63. The molecule has 54 valence electrons. The topological polar surface area (TPSA) is 34.1 Å². The van der Waals surface area contributed by atoms with Crippen molar-refractivity contribution in [1.82, 2.24) is 0 Å². The van der Waals surface area contributed by atoms with Crippen molar-refractivity contribution < 1.29 is 8.42 Å². The summed E-state index contributed by atoms with van der Waals surface area (Å²) in [5.41, 5.74) is 0. The quantitative estimate of drug-likeness (QED) is 0.532. The van der Waals surface area contributed by atoms with Gasteiger partial charge in [0.05, 0.1) is 11.1 Å². The van der Waals surface area contributed by atoms with Crippen molar-refractivity contribution in [3.05, 3.63) is 0 Å². The Morgan fingerprint density at radius 3 is 2.00 bits per heavy atom. The Kier molecular flexibility index (Phi) is 1.94. The van der Waals surface area contributed by atoms with Crippen LogP contribution in [0.5, 0.6) is 0 Å². The Morgan fingerprint density at radius 2 is 1.89 bits per heavy atom. The fourth-order valence-corrected chi connectivity index (χ4v) is 3.24. The zero-order valence-corrected chi connectivity index (χ0v) is 6.88. The zero-order chi connectivity index (χ0) is 7.07. The summed E-state index contributed by atoms with van der Waals surface area (Å²) in [6, 6.07) is 0. The molecule has 0 amide bonds. The van der Waals surface area contributed by atoms with Crippen LogP contribution in [0.4, 0.5) is 0 Å². The van der Waals surface area contributed by atoms with Crippen molar-refractivity contribution >= 4 is 33.0 Å². The lowest BCUT2D eigenvalue weighted by Gasteiger charge is -2.00. The lowest BCUT2D eigenvalue weighted by molar-refractivity contribution is 0.600. The predicted molar refractivity (Wildman–Crippen MR) is 37.7 cm³/mol. The summed E-state index contributed by atoms with van der Waals surface area (Å²) < 4.78 is 20.6. The van der Waals surface area contributed by atoms with Gasteiger partial charge in [0.25, 0.3) is 0 Å². The van der Waals surface area contributed by atoms with Crippen molar-refractivity contribution in [2.75, 3.05) is 5.75 Å². The third-order valence-corrected chi connectivity index (χ3v) is 4.99. The fourth-order valence-electron chi connectivity index (χ4n) is 0.745. The van der Waals surface area contributed by atoms with Crippen molar-refractivity contribution in [2.45, 2.75) is 16.5 Å². The zero-order valence-electron chi connectivity index (χ0n) is 4.55. The van der Waals surface area contributed by atoms with Crippen LogP contribution in [-0.2, 0) is 9.84 Å². The molecule has 1 rings (SSSR count). The second kappa shape index (κ2) is 2.29. The van der Waals surface area contributed by atoms with Gasteiger partial charge in [-0.05, 0) is 6.42 Å². The molecule has 1 aliphatic heterocycles. The number of rotatable bonds is 0. The van der Waals surface area contributed by atoms with Gasteiger partial charge in [0, 0.05) is 0 Å². The second-order valence-corrected chi connectivity index (χ2v) is 5.55. The molecular weight excluding hydrogens is 183 g/mol. The van der Waals surface area contributed by atoms with E-state index in [1.54, 1.807) is 0 Å². The smallest absolute Gasteiger partial charge is 0.168 e. The van der Waals surface area contributed by atoms with Gasteiger partial charge in [0.15, 0.2) is 14.5 Å². The molecule has 0 radical (unpaired) electrons. The van der Waals surface area contributed by atoms with E-state index >= 15 is 0 Å². The van der Waals surface area contributed by atoms with Crippen LogP contribution < -0.4 is 0 Å². The molecule has 0 aromatic rings. The van der Waals surface area contributed by atoms with Crippen LogP contribution in [0.2, 0.25) is 0 Å². The first-order chi connectivity index (χ1) is 4.04. The van der Waals surface area contributed by atoms with Gasteiger partial charge in [0.2, 0.25) is 0 Å². The standard InChI is InChI=1S/C4H6Cl2O2S/c5-3-1-2-9(7,8)4(3)6/h3-4H,1-2H2. The molecule has 9 heavy (non-hydrogen) atoms. The lowest BCUT2D eigenvalue weighted by Crippen LogP contribution is -2.14. The molecule has 5 heteroatoms. The van der Waals surface area contributed by atoms with Gasteiger partial charge in [0.1, 0.15) is 0 Å². The van der Waals surface area contributed by atoms with Crippen LogP contribution in [0, 0.1) is 0 Å². The van der Waals surface area contributed by atoms with Crippen LogP contribution >= 0.6 is 23.2 Å². The monoisotopic (exact) mass is 188 g/mol. The highest BCUT2D eigenvalue weighted by molar-refractivity contribution is 7.93. The number of hydrogen-bond donors (Lipinski definition) is 0. The number of hydrogen-bond acceptors (Lipinski definition) is 2. The third-order valence-electron chi connectivity index (χ3n) is 1.31. The fraction of sp³-hybridized carbons (Fsp3) is 1.00. The SMILES string of the molecule is O=S1(=O)CCC(Cl)C1Cl. The molecule has 1 aliphatic rings. The van der Waals surface area contributed by atoms with Gasteiger partial charge in [-0.25, -0.2) is 8.42 Å². The molecule has 0 aliphatic carbocycles. The average Bonchev–Trinajstić information content (AvgIpc) is 1.97. The lowest BCUT2D eigenvalue weighted by atomic mass is 10.4. The minimum Gasteiger partial charge on any atom is -0.227 e. The minimum absolute atomic E-state index is 0.134. The van der Waals surface area contributed by atoms with Gasteiger partial charge in [-0.3, -0.25) is 0 Å². The predicted octanol–water partition coefficient (Wildman–Crippen LogP) is 0.977. The van der Waals surface area contributed by atoms with Crippen LogP contribution in [0.25, 0.3) is 0 Å². The summed E-state index contributed by atoms with van der Waals surface area (Å²) in [6.07, 6.45) is 0.484. The highest BCUT2D eigenvalue weighted by Gasteiger charge is 2.37. The highest BCUT2D eigenvalue weighted by atomic mass is 35.5. The molecule has 0 aromatic heterocycles. The van der Waals surface area contributed by atoms with Crippen molar-refractivity contribution in [3.63, 3.8) is 0 Å². The molecule has 0 saturated carbocycles. The molecule has 1 heterocycles. The molecule has 2 nitrogen and oxygen atoms in total. The third kappa shape index (κ3) is 1.33. The van der Waals surface area contributed by atoms with Crippen molar-refractivity contribution in [1.29, 1.82) is 0 Å². The summed E-state index contributed by atoms with van der Waals surface area (Å²) in [6.45, 7) is 0. The first-order valence-corrected chi connectivity index (χ1v) is 5.12. The van der Waals surface area contributed by atoms with Crippen LogP contribution in [0.3, 0.4) is 0 Å². The highest BCUT2D eigenvalue weighted by Crippen LogP contribution is 2.27. The maximum atomic E-state index is 10.8. The number of alkyl halides is 2. The summed E-state index contributed by atoms with van der Waals surface area (Å²) in [7, 11) is -3.04. The van der Waals surface area contributed by atoms with E-state index in [1.807, 2.05) is 0 Å². The molecule has 0 aromatic carbocycles. The van der Waals surface area contributed by atoms with E-state index in [9.17, 15) is 8.42 Å². The second-order valence-electron chi connectivity index (χ2n) is 2.02. The Labute approximate surface area is 64.1 Å². The van der Waals surface area contributed by atoms with E-state index in [4.69, 9.17) is 23.2 Å². The Morgan fingerprint density at radius 1 is 1.33 bits per heavy atom. The summed E-state index contributed by atoms with van der Waals surface area (Å²) >= 11 is 11.0. The van der Waals surface area contributed by atoms with Crippen LogP contribution in [0.15, 0.2) is 0 Å². The molecule has 2 atom stereocenters. The van der Waals surface area contributed by atoms with Crippen LogP contribution in [-0.4, -0.2) is 24.3 Å². The molecular formula is C4H6Cl2O2S. The van der Waals surface area contributed by atoms with E-state index in [1.165, 1.54) is 0 Å². The summed E-state index contributed by atoms with van der Waals surface area (Å²) in [4.78, 5) is 0. The molecule has 0 spiro atoms. The van der Waals surface area contributed by atoms with E-state index in [0.29, 0.717) is 6.42 Å². The van der Waals surface area contributed by atoms with Crippen LogP contribution in [0.1, 0.15) is 6.42 Å². The maximum Gasteiger partial charge on any atom is 0.168 e. The molecule has 0 N–H and O–H groups in total. The molecule has 1 saturated heterocycles. The van der Waals surface area contributed by atoms with Crippen molar-refractivity contribution in [2.24, 2.45) is 0 Å². The van der Waals surface area contributed by atoms with Crippen molar-refractivity contribution in [3.8, 4) is 0 Å². The van der Waals surface area contributed by atoms with Gasteiger partial charge < -0.3 is 0 Å². The van der Waals surface area contributed by atoms with Gasteiger partial charge >= 0.3 is 0 Å². The van der Waals surface area contributed by atoms with E-state index < -0.39 is 19.9 Å². The first-order valence-electron chi connectivity index (χ1n) is 2.54. The Hall–Kier alpha value is 0.530. The van der Waals surface area contributed by atoms with Gasteiger partial charge in [-0.1, -0.05) is 0 Å². The van der Waals surface area contributed by atoms with E-state index in [0.717, 1.165) is 0 Å². The minimum atomic E-state index is -3.04. The molecule has 0 bridgehead atoms. The van der Waals surface area contributed by atoms with Gasteiger partial charge in [-0.2, -0.15) is 0 Å². The molecule has 1 fully saturated rings. The molecule has 2 unspecified atom stereocenters. The van der Waals surface area contributed by atoms with E-state index in [-0.39, 0.29) is 5.75 Å². The number of sulfone groups is 1. The summed E-state index contributed by atoms with van der Waals surface area (Å²) in [5, 5.41) is -0.392. The number of halogens is 2. The summed E-state index contributed by atoms with van der Waals surface area (Å²) in [5.74, 6) is 0.134. The van der Waals surface area contributed by atoms with Gasteiger partial charge in [-0.15, -0.1) is 23.2 Å².